The molecule has 0 aliphatic rings. The molecule has 0 aliphatic heterocycles. The molecule has 0 rings (SSSR count). The zero-order valence-corrected chi connectivity index (χ0v) is 7.65. The first-order valence-corrected chi connectivity index (χ1v) is 3.76. The summed E-state index contributed by atoms with van der Waals surface area (Å²) < 4.78 is 0. The van der Waals surface area contributed by atoms with Crippen molar-refractivity contribution in [2.75, 3.05) is 6.54 Å². The average Bonchev–Trinajstić information content (AvgIpc) is 1.59. The van der Waals surface area contributed by atoms with E-state index >= 15 is 0 Å². The van der Waals surface area contributed by atoms with Crippen molar-refractivity contribution in [3.05, 3.63) is 0 Å². The third-order valence-electron chi connectivity index (χ3n) is 0.936. The van der Waals surface area contributed by atoms with Crippen molar-refractivity contribution in [3.63, 3.8) is 0 Å². The molecule has 0 saturated heterocycles. The van der Waals surface area contributed by atoms with E-state index in [1.54, 1.807) is 0 Å². The number of nitrogens with one attached hydrogen (secondary N) is 1. The van der Waals surface area contributed by atoms with Crippen molar-refractivity contribution >= 4 is 5.84 Å². The predicted octanol–water partition coefficient (Wildman–Crippen LogP) is 1.81. The first-order valence-electron chi connectivity index (χ1n) is 3.76. The molecule has 10 heavy (non-hydrogen) atoms. The van der Waals surface area contributed by atoms with Crippen LogP contribution in [0, 0.1) is 0 Å². The number of hydrogen-bond donors (Lipinski definition) is 1. The first-order chi connectivity index (χ1) is 4.45. The first kappa shape index (κ1) is 9.47. The Morgan fingerprint density at radius 1 is 1.40 bits per heavy atom. The lowest BCUT2D eigenvalue weighted by Gasteiger charge is -2.14. The predicted molar refractivity (Wildman–Crippen MR) is 46.5 cm³/mol. The van der Waals surface area contributed by atoms with Crippen molar-refractivity contribution in [2.24, 2.45) is 4.99 Å². The lowest BCUT2D eigenvalue weighted by molar-refractivity contribution is 0.579. The molecule has 0 aromatic rings. The number of amidine groups is 1. The Kier molecular flexibility index (Phi) is 3.40. The molecular formula is C8H18N2. The van der Waals surface area contributed by atoms with Crippen LogP contribution in [0.15, 0.2) is 4.99 Å². The Labute approximate surface area is 63.7 Å². The van der Waals surface area contributed by atoms with Crippen LogP contribution in [0.4, 0.5) is 0 Å². The molecule has 0 aromatic heterocycles. The van der Waals surface area contributed by atoms with Gasteiger partial charge in [0.25, 0.3) is 0 Å². The molecular weight excluding hydrogens is 124 g/mol. The molecule has 1 N–H and O–H groups in total. The van der Waals surface area contributed by atoms with E-state index in [2.05, 4.69) is 38.0 Å². The molecule has 0 amide bonds. The van der Waals surface area contributed by atoms with Gasteiger partial charge in [-0.2, -0.15) is 0 Å². The summed E-state index contributed by atoms with van der Waals surface area (Å²) in [6.45, 7) is 11.3. The van der Waals surface area contributed by atoms with E-state index in [9.17, 15) is 0 Å². The molecule has 0 spiro atoms. The van der Waals surface area contributed by atoms with Crippen LogP contribution >= 0.6 is 0 Å². The van der Waals surface area contributed by atoms with E-state index in [1.807, 2.05) is 6.92 Å². The van der Waals surface area contributed by atoms with Crippen LogP contribution in [0.5, 0.6) is 0 Å². The summed E-state index contributed by atoms with van der Waals surface area (Å²) in [7, 11) is 0. The molecule has 60 valence electrons. The van der Waals surface area contributed by atoms with Gasteiger partial charge in [0.05, 0.1) is 11.4 Å². The smallest absolute Gasteiger partial charge is 0.0938 e. The molecule has 0 heterocycles. The Morgan fingerprint density at radius 3 is 2.20 bits per heavy atom. The molecule has 0 bridgehead atoms. The van der Waals surface area contributed by atoms with E-state index in [4.69, 9.17) is 0 Å². The van der Waals surface area contributed by atoms with Gasteiger partial charge in [0, 0.05) is 6.54 Å². The minimum Gasteiger partial charge on any atom is -0.374 e. The molecule has 0 aliphatic carbocycles. The van der Waals surface area contributed by atoms with Gasteiger partial charge in [-0.1, -0.05) is 0 Å². The second kappa shape index (κ2) is 3.59. The fourth-order valence-corrected chi connectivity index (χ4v) is 0.798. The van der Waals surface area contributed by atoms with E-state index in [0.717, 1.165) is 12.4 Å². The van der Waals surface area contributed by atoms with Crippen molar-refractivity contribution < 1.29 is 0 Å². The van der Waals surface area contributed by atoms with E-state index in [0.29, 0.717) is 0 Å². The lowest BCUT2D eigenvalue weighted by atomic mass is 10.1. The minimum absolute atomic E-state index is 0.0479. The van der Waals surface area contributed by atoms with Crippen LogP contribution < -0.4 is 5.32 Å². The van der Waals surface area contributed by atoms with Gasteiger partial charge in [0.15, 0.2) is 0 Å². The minimum atomic E-state index is 0.0479. The van der Waals surface area contributed by atoms with Crippen LogP contribution in [0.3, 0.4) is 0 Å². The molecule has 0 radical (unpaired) electrons. The van der Waals surface area contributed by atoms with Gasteiger partial charge in [0.2, 0.25) is 0 Å². The van der Waals surface area contributed by atoms with Gasteiger partial charge in [-0.15, -0.1) is 0 Å². The fraction of sp³-hybridized carbons (Fsp3) is 0.875. The number of hydrogen-bond acceptors (Lipinski definition) is 1. The summed E-state index contributed by atoms with van der Waals surface area (Å²) in [5.41, 5.74) is 0.0479. The SMILES string of the molecule is CCN/C(C)=N/C(C)(C)C. The third-order valence-corrected chi connectivity index (χ3v) is 0.936. The van der Waals surface area contributed by atoms with E-state index in [1.165, 1.54) is 0 Å². The lowest BCUT2D eigenvalue weighted by Crippen LogP contribution is -2.24. The van der Waals surface area contributed by atoms with Crippen molar-refractivity contribution in [2.45, 2.75) is 40.2 Å². The van der Waals surface area contributed by atoms with E-state index < -0.39 is 0 Å². The van der Waals surface area contributed by atoms with Crippen molar-refractivity contribution in [3.8, 4) is 0 Å². The van der Waals surface area contributed by atoms with Gasteiger partial charge < -0.3 is 5.32 Å². The Hall–Kier alpha value is -0.530. The van der Waals surface area contributed by atoms with Gasteiger partial charge in [-0.3, -0.25) is 4.99 Å². The zero-order chi connectivity index (χ0) is 8.20. The van der Waals surface area contributed by atoms with Crippen LogP contribution in [-0.4, -0.2) is 17.9 Å². The highest BCUT2D eigenvalue weighted by Crippen LogP contribution is 2.05. The molecule has 0 unspecified atom stereocenters. The summed E-state index contributed by atoms with van der Waals surface area (Å²) in [4.78, 5) is 4.40. The second-order valence-corrected chi connectivity index (χ2v) is 3.40. The van der Waals surface area contributed by atoms with E-state index in [-0.39, 0.29) is 5.54 Å². The van der Waals surface area contributed by atoms with Crippen LogP contribution in [0.2, 0.25) is 0 Å². The topological polar surface area (TPSA) is 24.4 Å². The highest BCUT2D eigenvalue weighted by atomic mass is 15.0. The maximum absolute atomic E-state index is 4.40. The summed E-state index contributed by atoms with van der Waals surface area (Å²) >= 11 is 0. The normalized spacial score (nSPS) is 13.5. The summed E-state index contributed by atoms with van der Waals surface area (Å²) in [6.07, 6.45) is 0. The monoisotopic (exact) mass is 142 g/mol. The van der Waals surface area contributed by atoms with Gasteiger partial charge in [-0.05, 0) is 34.6 Å². The number of rotatable bonds is 1. The summed E-state index contributed by atoms with van der Waals surface area (Å²) in [5, 5.41) is 3.15. The highest BCUT2D eigenvalue weighted by molar-refractivity contribution is 5.79. The number of aliphatic imine (C=N–C) groups is 1. The third kappa shape index (κ3) is 5.60. The van der Waals surface area contributed by atoms with Gasteiger partial charge >= 0.3 is 0 Å². The molecule has 2 heteroatoms. The maximum atomic E-state index is 4.40. The standard InChI is InChI=1S/C8H18N2/c1-6-9-7(2)10-8(3,4)5/h6H2,1-5H3,(H,9,10). The maximum Gasteiger partial charge on any atom is 0.0938 e. The molecule has 0 saturated carbocycles. The zero-order valence-electron chi connectivity index (χ0n) is 7.65. The molecule has 0 atom stereocenters. The van der Waals surface area contributed by atoms with Crippen molar-refractivity contribution in [1.82, 2.24) is 5.32 Å². The average molecular weight is 142 g/mol. The summed E-state index contributed by atoms with van der Waals surface area (Å²) in [5.74, 6) is 1.02. The van der Waals surface area contributed by atoms with Crippen LogP contribution in [-0.2, 0) is 0 Å². The van der Waals surface area contributed by atoms with Gasteiger partial charge in [0.1, 0.15) is 0 Å². The number of nitrogens with zero attached hydrogens (tertiary/aromatic N) is 1. The van der Waals surface area contributed by atoms with Crippen molar-refractivity contribution in [1.29, 1.82) is 0 Å². The molecule has 0 fully saturated rings. The fourth-order valence-electron chi connectivity index (χ4n) is 0.798. The van der Waals surface area contributed by atoms with Crippen LogP contribution in [0.1, 0.15) is 34.6 Å². The Bertz CT molecular complexity index is 120. The van der Waals surface area contributed by atoms with Crippen LogP contribution in [0.25, 0.3) is 0 Å². The molecule has 2 nitrogen and oxygen atoms in total. The van der Waals surface area contributed by atoms with Gasteiger partial charge in [-0.25, -0.2) is 0 Å². The largest absolute Gasteiger partial charge is 0.374 e. The Balaban J connectivity index is 3.90. The highest BCUT2D eigenvalue weighted by Gasteiger charge is 2.06. The molecule has 0 aromatic carbocycles. The Morgan fingerprint density at radius 2 is 1.90 bits per heavy atom. The quantitative estimate of drug-likeness (QED) is 0.438. The summed E-state index contributed by atoms with van der Waals surface area (Å²) in [6, 6.07) is 0. The second-order valence-electron chi connectivity index (χ2n) is 3.40.